The van der Waals surface area contributed by atoms with Gasteiger partial charge in [0.25, 0.3) is 5.56 Å². The lowest BCUT2D eigenvalue weighted by molar-refractivity contribution is 0.150. The summed E-state index contributed by atoms with van der Waals surface area (Å²) in [6.45, 7) is 3.16. The number of piperidine rings is 1. The van der Waals surface area contributed by atoms with Crippen LogP contribution >= 0.6 is 0 Å². The summed E-state index contributed by atoms with van der Waals surface area (Å²) in [5.41, 5.74) is -0.593. The molecule has 1 spiro atoms. The van der Waals surface area contributed by atoms with Crippen LogP contribution in [0.1, 0.15) is 96.8 Å². The van der Waals surface area contributed by atoms with Crippen molar-refractivity contribution in [3.63, 3.8) is 0 Å². The maximum absolute atomic E-state index is 13.7. The molecule has 1 saturated heterocycles. The molecule has 0 bridgehead atoms. The van der Waals surface area contributed by atoms with Gasteiger partial charge in [-0.15, -0.1) is 0 Å². The SMILES string of the molecule is Cn1c(=O)n(CC2CCNC3(CCCCCCCCCC3)C2)c(=O)c2cc(S(=O)(=O)NC3(C)CC3)ccc21. The highest BCUT2D eigenvalue weighted by Gasteiger charge is 2.41. The standard InChI is InChI=1S/C29H44N4O4S/c1-28(16-17-28)31-38(36,37)23-11-12-25-24(19-23)26(34)33(27(35)32(25)2)21-22-13-18-30-29(20-22)14-9-7-5-3-4-6-8-10-15-29/h11-12,19,22,30-31H,3-10,13-18,20-21H2,1-2H3. The fourth-order valence-corrected chi connectivity index (χ4v) is 8.16. The van der Waals surface area contributed by atoms with Gasteiger partial charge < -0.3 is 5.32 Å². The van der Waals surface area contributed by atoms with E-state index in [9.17, 15) is 18.0 Å². The quantitative estimate of drug-likeness (QED) is 0.588. The van der Waals surface area contributed by atoms with E-state index in [0.717, 1.165) is 45.1 Å². The van der Waals surface area contributed by atoms with E-state index in [-0.39, 0.29) is 27.4 Å². The van der Waals surface area contributed by atoms with Crippen LogP contribution in [0, 0.1) is 5.92 Å². The number of hydrogen-bond donors (Lipinski definition) is 2. The second kappa shape index (κ2) is 10.9. The molecular formula is C29H44N4O4S. The molecule has 2 aliphatic carbocycles. The molecule has 1 atom stereocenters. The van der Waals surface area contributed by atoms with E-state index in [0.29, 0.717) is 12.1 Å². The van der Waals surface area contributed by atoms with Crippen molar-refractivity contribution in [1.82, 2.24) is 19.2 Å². The van der Waals surface area contributed by atoms with Gasteiger partial charge >= 0.3 is 5.69 Å². The summed E-state index contributed by atoms with van der Waals surface area (Å²) < 4.78 is 31.6. The molecule has 0 radical (unpaired) electrons. The summed E-state index contributed by atoms with van der Waals surface area (Å²) in [5.74, 6) is 0.229. The maximum atomic E-state index is 13.7. The highest BCUT2D eigenvalue weighted by Crippen LogP contribution is 2.37. The minimum absolute atomic E-state index is 0.0682. The zero-order valence-electron chi connectivity index (χ0n) is 23.1. The van der Waals surface area contributed by atoms with E-state index >= 15 is 0 Å². The minimum Gasteiger partial charge on any atom is -0.311 e. The van der Waals surface area contributed by atoms with Crippen molar-refractivity contribution >= 4 is 20.9 Å². The van der Waals surface area contributed by atoms with Crippen molar-refractivity contribution in [2.24, 2.45) is 13.0 Å². The Labute approximate surface area is 226 Å². The van der Waals surface area contributed by atoms with E-state index in [1.807, 2.05) is 6.92 Å². The molecule has 210 valence electrons. The van der Waals surface area contributed by atoms with Crippen LogP contribution < -0.4 is 21.3 Å². The first kappa shape index (κ1) is 27.6. The summed E-state index contributed by atoms with van der Waals surface area (Å²) in [6.07, 6.45) is 16.1. The van der Waals surface area contributed by atoms with E-state index < -0.39 is 21.1 Å². The Morgan fingerprint density at radius 2 is 1.61 bits per heavy atom. The Morgan fingerprint density at radius 1 is 0.974 bits per heavy atom. The van der Waals surface area contributed by atoms with Crippen LogP contribution in [-0.2, 0) is 23.6 Å². The number of rotatable bonds is 5. The molecule has 9 heteroatoms. The molecule has 0 amide bonds. The Balaban J connectivity index is 1.42. The lowest BCUT2D eigenvalue weighted by Crippen LogP contribution is -2.52. The molecule has 5 rings (SSSR count). The molecular weight excluding hydrogens is 500 g/mol. The topological polar surface area (TPSA) is 102 Å². The predicted octanol–water partition coefficient (Wildman–Crippen LogP) is 4.18. The van der Waals surface area contributed by atoms with Gasteiger partial charge in [-0.1, -0.05) is 51.4 Å². The van der Waals surface area contributed by atoms with Gasteiger partial charge in [0.05, 0.1) is 15.8 Å². The predicted molar refractivity (Wildman–Crippen MR) is 151 cm³/mol. The number of fused-ring (bicyclic) bond motifs is 1. The van der Waals surface area contributed by atoms with Gasteiger partial charge in [0.1, 0.15) is 0 Å². The zero-order chi connectivity index (χ0) is 27.0. The van der Waals surface area contributed by atoms with Crippen LogP contribution in [0.5, 0.6) is 0 Å². The summed E-state index contributed by atoms with van der Waals surface area (Å²) >= 11 is 0. The fraction of sp³-hybridized carbons (Fsp3) is 0.724. The third-order valence-electron chi connectivity index (χ3n) is 9.25. The molecule has 1 aromatic heterocycles. The van der Waals surface area contributed by atoms with Gasteiger partial charge in [0, 0.05) is 24.7 Å². The number of nitrogens with one attached hydrogen (secondary N) is 2. The van der Waals surface area contributed by atoms with E-state index in [4.69, 9.17) is 0 Å². The van der Waals surface area contributed by atoms with Crippen molar-refractivity contribution < 1.29 is 8.42 Å². The first-order valence-corrected chi connectivity index (χ1v) is 16.1. The second-order valence-corrected chi connectivity index (χ2v) is 14.2. The highest BCUT2D eigenvalue weighted by atomic mass is 32.2. The lowest BCUT2D eigenvalue weighted by atomic mass is 9.75. The smallest absolute Gasteiger partial charge is 0.311 e. The van der Waals surface area contributed by atoms with Gasteiger partial charge in [0.15, 0.2) is 0 Å². The largest absolute Gasteiger partial charge is 0.331 e. The number of nitrogens with zero attached hydrogens (tertiary/aromatic N) is 2. The Bertz CT molecular complexity index is 1380. The number of aryl methyl sites for hydroxylation is 1. The van der Waals surface area contributed by atoms with Crippen LogP contribution in [0.2, 0.25) is 0 Å². The van der Waals surface area contributed by atoms with Crippen molar-refractivity contribution in [2.45, 2.75) is 119 Å². The maximum Gasteiger partial charge on any atom is 0.331 e. The molecule has 3 aliphatic rings. The van der Waals surface area contributed by atoms with E-state index in [1.165, 1.54) is 72.6 Å². The highest BCUT2D eigenvalue weighted by molar-refractivity contribution is 7.89. The van der Waals surface area contributed by atoms with Gasteiger partial charge in [0.2, 0.25) is 10.0 Å². The van der Waals surface area contributed by atoms with Crippen LogP contribution in [0.3, 0.4) is 0 Å². The average Bonchev–Trinajstić information content (AvgIpc) is 3.62. The molecule has 1 aromatic carbocycles. The van der Waals surface area contributed by atoms with Crippen molar-refractivity contribution in [3.8, 4) is 0 Å². The van der Waals surface area contributed by atoms with Crippen LogP contribution in [0.15, 0.2) is 32.7 Å². The number of benzene rings is 1. The molecule has 38 heavy (non-hydrogen) atoms. The van der Waals surface area contributed by atoms with Crippen LogP contribution in [-0.4, -0.2) is 35.2 Å². The van der Waals surface area contributed by atoms with Gasteiger partial charge in [-0.25, -0.2) is 17.9 Å². The molecule has 2 N–H and O–H groups in total. The molecule has 2 saturated carbocycles. The van der Waals surface area contributed by atoms with Crippen LogP contribution in [0.25, 0.3) is 10.9 Å². The summed E-state index contributed by atoms with van der Waals surface area (Å²) in [6, 6.07) is 4.50. The molecule has 8 nitrogen and oxygen atoms in total. The average molecular weight is 545 g/mol. The van der Waals surface area contributed by atoms with Gasteiger partial charge in [-0.2, -0.15) is 0 Å². The molecule has 1 aliphatic heterocycles. The van der Waals surface area contributed by atoms with Gasteiger partial charge in [-0.05, 0) is 76.1 Å². The summed E-state index contributed by atoms with van der Waals surface area (Å²) in [5, 5.41) is 4.13. The Morgan fingerprint density at radius 3 is 2.24 bits per heavy atom. The molecule has 1 unspecified atom stereocenters. The van der Waals surface area contributed by atoms with Crippen molar-refractivity contribution in [3.05, 3.63) is 39.0 Å². The number of sulfonamides is 1. The third kappa shape index (κ3) is 5.94. The Hall–Kier alpha value is -1.97. The Kier molecular flexibility index (Phi) is 7.91. The van der Waals surface area contributed by atoms with Crippen molar-refractivity contribution in [2.75, 3.05) is 6.54 Å². The molecule has 2 heterocycles. The van der Waals surface area contributed by atoms with E-state index in [2.05, 4.69) is 10.0 Å². The number of aromatic nitrogens is 2. The first-order chi connectivity index (χ1) is 18.1. The second-order valence-electron chi connectivity index (χ2n) is 12.5. The monoisotopic (exact) mass is 544 g/mol. The molecule has 2 aromatic rings. The zero-order valence-corrected chi connectivity index (χ0v) is 23.9. The summed E-state index contributed by atoms with van der Waals surface area (Å²) in [4.78, 5) is 27.1. The van der Waals surface area contributed by atoms with E-state index in [1.54, 1.807) is 13.1 Å². The normalized spacial score (nSPS) is 24.2. The number of hydrogen-bond acceptors (Lipinski definition) is 5. The third-order valence-corrected chi connectivity index (χ3v) is 10.9. The fourth-order valence-electron chi connectivity index (χ4n) is 6.67. The van der Waals surface area contributed by atoms with Crippen molar-refractivity contribution in [1.29, 1.82) is 0 Å². The first-order valence-electron chi connectivity index (χ1n) is 14.6. The lowest BCUT2D eigenvalue weighted by Gasteiger charge is -2.43. The molecule has 3 fully saturated rings. The summed E-state index contributed by atoms with van der Waals surface area (Å²) in [7, 11) is -2.09. The minimum atomic E-state index is -3.75. The van der Waals surface area contributed by atoms with Gasteiger partial charge in [-0.3, -0.25) is 13.9 Å². The van der Waals surface area contributed by atoms with Crippen LogP contribution in [0.4, 0.5) is 0 Å².